The van der Waals surface area contributed by atoms with Crippen LogP contribution in [0.4, 0.5) is 16.2 Å². The standard InChI is InChI=1S/C20H23N3O6/c1-5-12-8-7-9-13(6-2)17(12)21-20(25)22-19(24)16-15(28-3)11-10-14(23(26)27)18(16)29-4/h7-11H,5-6H2,1-4H3,(H2,21,22,24,25). The molecule has 29 heavy (non-hydrogen) atoms. The zero-order valence-corrected chi connectivity index (χ0v) is 16.7. The minimum Gasteiger partial charge on any atom is -0.496 e. The van der Waals surface area contributed by atoms with Gasteiger partial charge in [-0.05, 0) is 30.0 Å². The highest BCUT2D eigenvalue weighted by atomic mass is 16.6. The van der Waals surface area contributed by atoms with E-state index >= 15 is 0 Å². The number of methoxy groups -OCH3 is 2. The molecular weight excluding hydrogens is 378 g/mol. The van der Waals surface area contributed by atoms with Crippen LogP contribution >= 0.6 is 0 Å². The van der Waals surface area contributed by atoms with Gasteiger partial charge in [0.25, 0.3) is 5.91 Å². The molecule has 154 valence electrons. The molecule has 0 fully saturated rings. The summed E-state index contributed by atoms with van der Waals surface area (Å²) in [6, 6.07) is 7.37. The molecule has 9 heteroatoms. The molecule has 0 aliphatic rings. The van der Waals surface area contributed by atoms with Gasteiger partial charge in [-0.25, -0.2) is 4.79 Å². The molecule has 0 aromatic heterocycles. The van der Waals surface area contributed by atoms with E-state index in [0.29, 0.717) is 18.5 Å². The van der Waals surface area contributed by atoms with E-state index < -0.39 is 22.5 Å². The van der Waals surface area contributed by atoms with Crippen molar-refractivity contribution in [3.8, 4) is 11.5 Å². The summed E-state index contributed by atoms with van der Waals surface area (Å²) < 4.78 is 10.2. The van der Waals surface area contributed by atoms with Crippen LogP contribution in [0.25, 0.3) is 0 Å². The number of nitro benzene ring substituents is 1. The van der Waals surface area contributed by atoms with Crippen molar-refractivity contribution in [3.63, 3.8) is 0 Å². The summed E-state index contributed by atoms with van der Waals surface area (Å²) in [6.07, 6.45) is 1.40. The van der Waals surface area contributed by atoms with Gasteiger partial charge in [0, 0.05) is 11.8 Å². The molecule has 2 aromatic rings. The molecule has 0 unspecified atom stereocenters. The molecule has 2 aromatic carbocycles. The number of benzene rings is 2. The van der Waals surface area contributed by atoms with Gasteiger partial charge in [-0.2, -0.15) is 0 Å². The van der Waals surface area contributed by atoms with E-state index in [1.807, 2.05) is 32.0 Å². The molecule has 0 saturated carbocycles. The molecule has 9 nitrogen and oxygen atoms in total. The van der Waals surface area contributed by atoms with Crippen LogP contribution in [0.3, 0.4) is 0 Å². The maximum atomic E-state index is 12.7. The fourth-order valence-corrected chi connectivity index (χ4v) is 3.00. The number of amides is 3. The number of para-hydroxylation sites is 1. The van der Waals surface area contributed by atoms with Crippen LogP contribution in [0.1, 0.15) is 35.3 Å². The number of urea groups is 1. The number of nitro groups is 1. The maximum Gasteiger partial charge on any atom is 0.326 e. The summed E-state index contributed by atoms with van der Waals surface area (Å²) in [5.74, 6) is -1.13. The molecule has 0 atom stereocenters. The van der Waals surface area contributed by atoms with Crippen molar-refractivity contribution in [3.05, 3.63) is 57.1 Å². The zero-order valence-electron chi connectivity index (χ0n) is 16.7. The third kappa shape index (κ3) is 4.63. The predicted molar refractivity (Wildman–Crippen MR) is 108 cm³/mol. The third-order valence-electron chi connectivity index (χ3n) is 4.41. The van der Waals surface area contributed by atoms with Crippen LogP contribution in [-0.2, 0) is 12.8 Å². The van der Waals surface area contributed by atoms with Gasteiger partial charge >= 0.3 is 11.7 Å². The Morgan fingerprint density at radius 1 is 1.03 bits per heavy atom. The van der Waals surface area contributed by atoms with E-state index in [1.54, 1.807) is 0 Å². The number of hydrogen-bond donors (Lipinski definition) is 2. The van der Waals surface area contributed by atoms with Gasteiger partial charge in [-0.3, -0.25) is 20.2 Å². The summed E-state index contributed by atoms with van der Waals surface area (Å²) >= 11 is 0. The SMILES string of the molecule is CCc1cccc(CC)c1NC(=O)NC(=O)c1c(OC)ccc([N+](=O)[O-])c1OC. The minimum absolute atomic E-state index is 0.0426. The van der Waals surface area contributed by atoms with Gasteiger partial charge in [0.1, 0.15) is 11.3 Å². The molecule has 0 heterocycles. The highest BCUT2D eigenvalue weighted by molar-refractivity contribution is 6.11. The van der Waals surface area contributed by atoms with Gasteiger partial charge < -0.3 is 14.8 Å². The minimum atomic E-state index is -0.882. The third-order valence-corrected chi connectivity index (χ3v) is 4.41. The monoisotopic (exact) mass is 401 g/mol. The summed E-state index contributed by atoms with van der Waals surface area (Å²) in [6.45, 7) is 3.92. The summed E-state index contributed by atoms with van der Waals surface area (Å²) in [4.78, 5) is 35.8. The molecule has 0 aliphatic carbocycles. The number of rotatable bonds is 7. The molecule has 0 saturated heterocycles. The normalized spacial score (nSPS) is 10.2. The largest absolute Gasteiger partial charge is 0.496 e. The molecule has 0 spiro atoms. The predicted octanol–water partition coefficient (Wildman–Crippen LogP) is 3.70. The number of nitrogens with zero attached hydrogens (tertiary/aromatic N) is 1. The Labute approximate surface area is 168 Å². The Balaban J connectivity index is 2.35. The van der Waals surface area contributed by atoms with E-state index in [-0.39, 0.29) is 17.1 Å². The number of carbonyl (C=O) groups excluding carboxylic acids is 2. The number of anilines is 1. The highest BCUT2D eigenvalue weighted by Gasteiger charge is 2.28. The van der Waals surface area contributed by atoms with Crippen molar-refractivity contribution < 1.29 is 24.0 Å². The van der Waals surface area contributed by atoms with Crippen molar-refractivity contribution in [2.75, 3.05) is 19.5 Å². The lowest BCUT2D eigenvalue weighted by Gasteiger charge is -2.16. The van der Waals surface area contributed by atoms with Gasteiger partial charge in [0.2, 0.25) is 5.75 Å². The first-order chi connectivity index (χ1) is 13.9. The van der Waals surface area contributed by atoms with Crippen LogP contribution in [0.5, 0.6) is 11.5 Å². The molecule has 0 radical (unpaired) electrons. The first kappa shape index (κ1) is 21.7. The summed E-state index contributed by atoms with van der Waals surface area (Å²) in [7, 11) is 2.51. The second-order valence-corrected chi connectivity index (χ2v) is 6.02. The number of carbonyl (C=O) groups is 2. The lowest BCUT2D eigenvalue weighted by molar-refractivity contribution is -0.385. The smallest absolute Gasteiger partial charge is 0.326 e. The fraction of sp³-hybridized carbons (Fsp3) is 0.300. The van der Waals surface area contributed by atoms with Crippen molar-refractivity contribution in [2.24, 2.45) is 0 Å². The van der Waals surface area contributed by atoms with E-state index in [0.717, 1.165) is 11.1 Å². The first-order valence-corrected chi connectivity index (χ1v) is 9.00. The Kier molecular flexibility index (Phi) is 7.13. The van der Waals surface area contributed by atoms with E-state index in [1.165, 1.54) is 26.4 Å². The lowest BCUT2D eigenvalue weighted by atomic mass is 10.0. The lowest BCUT2D eigenvalue weighted by Crippen LogP contribution is -2.35. The summed E-state index contributed by atoms with van der Waals surface area (Å²) in [5.41, 5.74) is 1.85. The van der Waals surface area contributed by atoms with E-state index in [9.17, 15) is 19.7 Å². The maximum absolute atomic E-state index is 12.7. The van der Waals surface area contributed by atoms with Crippen LogP contribution in [0, 0.1) is 10.1 Å². The zero-order chi connectivity index (χ0) is 21.6. The average Bonchev–Trinajstić information content (AvgIpc) is 2.72. The van der Waals surface area contributed by atoms with Crippen molar-refractivity contribution in [1.82, 2.24) is 5.32 Å². The second kappa shape index (κ2) is 9.54. The summed E-state index contributed by atoms with van der Waals surface area (Å²) in [5, 5.41) is 16.1. The molecule has 0 aliphatic heterocycles. The Morgan fingerprint density at radius 2 is 1.66 bits per heavy atom. The van der Waals surface area contributed by atoms with Crippen molar-refractivity contribution in [1.29, 1.82) is 0 Å². The molecule has 3 amide bonds. The Morgan fingerprint density at radius 3 is 2.14 bits per heavy atom. The van der Waals surface area contributed by atoms with Crippen LogP contribution in [0.2, 0.25) is 0 Å². The fourth-order valence-electron chi connectivity index (χ4n) is 3.00. The Bertz CT molecular complexity index is 920. The van der Waals surface area contributed by atoms with Crippen LogP contribution in [-0.4, -0.2) is 31.1 Å². The number of ether oxygens (including phenoxy) is 2. The number of hydrogen-bond acceptors (Lipinski definition) is 6. The number of aryl methyl sites for hydroxylation is 2. The van der Waals surface area contributed by atoms with Crippen LogP contribution in [0.15, 0.2) is 30.3 Å². The van der Waals surface area contributed by atoms with Crippen molar-refractivity contribution >= 4 is 23.3 Å². The quantitative estimate of drug-likeness (QED) is 0.539. The first-order valence-electron chi connectivity index (χ1n) is 9.00. The Hall–Kier alpha value is -3.62. The topological polar surface area (TPSA) is 120 Å². The van der Waals surface area contributed by atoms with Gasteiger partial charge in [0.05, 0.1) is 19.1 Å². The molecule has 0 bridgehead atoms. The number of nitrogens with one attached hydrogen (secondary N) is 2. The van der Waals surface area contributed by atoms with E-state index in [2.05, 4.69) is 10.6 Å². The van der Waals surface area contributed by atoms with Gasteiger partial charge in [-0.15, -0.1) is 0 Å². The van der Waals surface area contributed by atoms with Crippen LogP contribution < -0.4 is 20.1 Å². The van der Waals surface area contributed by atoms with Gasteiger partial charge in [0.15, 0.2) is 0 Å². The van der Waals surface area contributed by atoms with Gasteiger partial charge in [-0.1, -0.05) is 32.0 Å². The molecule has 2 rings (SSSR count). The average molecular weight is 401 g/mol. The second-order valence-electron chi connectivity index (χ2n) is 6.02. The molecule has 2 N–H and O–H groups in total. The molecular formula is C20H23N3O6. The van der Waals surface area contributed by atoms with Crippen molar-refractivity contribution in [2.45, 2.75) is 26.7 Å². The highest BCUT2D eigenvalue weighted by Crippen LogP contribution is 2.37. The van der Waals surface area contributed by atoms with E-state index in [4.69, 9.17) is 9.47 Å². The number of imide groups is 1.